The predicted molar refractivity (Wildman–Crippen MR) is 148 cm³/mol. The van der Waals surface area contributed by atoms with Gasteiger partial charge >= 0.3 is 0 Å². The van der Waals surface area contributed by atoms with Crippen molar-refractivity contribution in [1.82, 2.24) is 10.2 Å². The predicted octanol–water partition coefficient (Wildman–Crippen LogP) is 3.51. The molecule has 2 amide bonds. The molecule has 10 heteroatoms. The quantitative estimate of drug-likeness (QED) is 0.414. The first-order valence-electron chi connectivity index (χ1n) is 12.8. The number of nitrogens with zero attached hydrogens (tertiary/aromatic N) is 2. The summed E-state index contributed by atoms with van der Waals surface area (Å²) in [5.74, 6) is 0.0626. The van der Waals surface area contributed by atoms with Crippen LogP contribution in [0, 0.1) is 6.92 Å². The van der Waals surface area contributed by atoms with E-state index >= 15 is 0 Å². The van der Waals surface area contributed by atoms with Crippen molar-refractivity contribution in [3.8, 4) is 11.5 Å². The average molecular weight is 552 g/mol. The molecule has 206 valence electrons. The van der Waals surface area contributed by atoms with Crippen molar-refractivity contribution in [3.05, 3.63) is 83.9 Å². The molecule has 1 heterocycles. The van der Waals surface area contributed by atoms with Crippen LogP contribution in [0.1, 0.15) is 24.5 Å². The van der Waals surface area contributed by atoms with Gasteiger partial charge in [-0.15, -0.1) is 0 Å². The summed E-state index contributed by atoms with van der Waals surface area (Å²) in [6, 6.07) is 19.5. The lowest BCUT2D eigenvalue weighted by atomic mass is 10.1. The van der Waals surface area contributed by atoms with E-state index in [4.69, 9.17) is 9.47 Å². The number of carbonyl (C=O) groups excluding carboxylic acids is 2. The molecule has 1 atom stereocenters. The molecule has 0 aliphatic carbocycles. The highest BCUT2D eigenvalue weighted by Gasteiger charge is 2.34. The van der Waals surface area contributed by atoms with Crippen molar-refractivity contribution < 1.29 is 27.5 Å². The van der Waals surface area contributed by atoms with Crippen LogP contribution in [0.3, 0.4) is 0 Å². The Balaban J connectivity index is 1.76. The minimum Gasteiger partial charge on any atom is -0.486 e. The van der Waals surface area contributed by atoms with Crippen LogP contribution in [-0.4, -0.2) is 58.0 Å². The molecule has 0 saturated carbocycles. The summed E-state index contributed by atoms with van der Waals surface area (Å²) >= 11 is 0. The third-order valence-electron chi connectivity index (χ3n) is 6.66. The number of anilines is 1. The maximum Gasteiger partial charge on any atom is 0.264 e. The fourth-order valence-corrected chi connectivity index (χ4v) is 5.92. The van der Waals surface area contributed by atoms with Crippen LogP contribution in [0.15, 0.2) is 77.7 Å². The molecule has 0 aromatic heterocycles. The summed E-state index contributed by atoms with van der Waals surface area (Å²) in [6.45, 7) is 4.10. The molecule has 0 spiro atoms. The summed E-state index contributed by atoms with van der Waals surface area (Å²) in [4.78, 5) is 28.3. The van der Waals surface area contributed by atoms with Crippen molar-refractivity contribution in [3.63, 3.8) is 0 Å². The number of hydrogen-bond acceptors (Lipinski definition) is 6. The third kappa shape index (κ3) is 6.17. The Bertz CT molecular complexity index is 1430. The van der Waals surface area contributed by atoms with Crippen LogP contribution in [0.4, 0.5) is 5.69 Å². The van der Waals surface area contributed by atoms with Gasteiger partial charge in [-0.25, -0.2) is 8.42 Å². The Morgan fingerprint density at radius 2 is 1.62 bits per heavy atom. The second-order valence-corrected chi connectivity index (χ2v) is 11.0. The number of rotatable bonds is 10. The van der Waals surface area contributed by atoms with E-state index in [0.717, 1.165) is 15.4 Å². The summed E-state index contributed by atoms with van der Waals surface area (Å²) in [5.41, 5.74) is 2.08. The minimum atomic E-state index is -4.16. The SMILES string of the molecule is CC[C@H](C(=O)NC)N(Cc1ccccc1C)C(=O)CN(c1ccc2c(c1)OCCO2)S(=O)(=O)c1ccccc1. The van der Waals surface area contributed by atoms with Crippen LogP contribution >= 0.6 is 0 Å². The summed E-state index contributed by atoms with van der Waals surface area (Å²) in [7, 11) is -2.64. The van der Waals surface area contributed by atoms with Crippen LogP contribution in [0.2, 0.25) is 0 Å². The van der Waals surface area contributed by atoms with Gasteiger partial charge in [0, 0.05) is 19.7 Å². The number of likely N-dealkylation sites (N-methyl/N-ethyl adjacent to an activating group) is 1. The van der Waals surface area contributed by atoms with E-state index in [1.165, 1.54) is 24.1 Å². The molecule has 1 aliphatic heterocycles. The smallest absolute Gasteiger partial charge is 0.264 e. The Hall–Kier alpha value is -4.05. The first kappa shape index (κ1) is 28.0. The van der Waals surface area contributed by atoms with Gasteiger partial charge in [-0.05, 0) is 48.7 Å². The summed E-state index contributed by atoms with van der Waals surface area (Å²) in [5, 5.41) is 2.63. The molecule has 1 aliphatic rings. The fourth-order valence-electron chi connectivity index (χ4n) is 4.49. The van der Waals surface area contributed by atoms with Crippen LogP contribution < -0.4 is 19.1 Å². The number of amides is 2. The van der Waals surface area contributed by atoms with Gasteiger partial charge in [0.2, 0.25) is 11.8 Å². The molecule has 0 bridgehead atoms. The highest BCUT2D eigenvalue weighted by Crippen LogP contribution is 2.36. The van der Waals surface area contributed by atoms with Gasteiger partial charge in [-0.2, -0.15) is 0 Å². The molecule has 3 aromatic carbocycles. The van der Waals surface area contributed by atoms with Gasteiger partial charge in [0.1, 0.15) is 25.8 Å². The lowest BCUT2D eigenvalue weighted by Crippen LogP contribution is -2.51. The molecule has 0 radical (unpaired) electrons. The summed E-state index contributed by atoms with van der Waals surface area (Å²) in [6.07, 6.45) is 0.354. The molecule has 4 rings (SSSR count). The number of sulfonamides is 1. The minimum absolute atomic E-state index is 0.0384. The Morgan fingerprint density at radius 3 is 2.28 bits per heavy atom. The van der Waals surface area contributed by atoms with Crippen LogP contribution in [0.5, 0.6) is 11.5 Å². The van der Waals surface area contributed by atoms with E-state index in [2.05, 4.69) is 5.32 Å². The highest BCUT2D eigenvalue weighted by molar-refractivity contribution is 7.92. The zero-order valence-electron chi connectivity index (χ0n) is 22.3. The van der Waals surface area contributed by atoms with Gasteiger partial charge in [0.25, 0.3) is 10.0 Å². The molecule has 9 nitrogen and oxygen atoms in total. The first-order valence-corrected chi connectivity index (χ1v) is 14.2. The second kappa shape index (κ2) is 12.2. The monoisotopic (exact) mass is 551 g/mol. The van der Waals surface area contributed by atoms with E-state index in [9.17, 15) is 18.0 Å². The van der Waals surface area contributed by atoms with E-state index in [0.29, 0.717) is 31.1 Å². The van der Waals surface area contributed by atoms with Crippen molar-refractivity contribution in [1.29, 1.82) is 0 Å². The van der Waals surface area contributed by atoms with Gasteiger partial charge in [0.05, 0.1) is 10.6 Å². The molecule has 1 N–H and O–H groups in total. The lowest BCUT2D eigenvalue weighted by Gasteiger charge is -2.33. The van der Waals surface area contributed by atoms with Crippen LogP contribution in [-0.2, 0) is 26.2 Å². The van der Waals surface area contributed by atoms with Gasteiger partial charge in [-0.1, -0.05) is 49.4 Å². The lowest BCUT2D eigenvalue weighted by molar-refractivity contribution is -0.140. The number of ether oxygens (including phenoxy) is 2. The van der Waals surface area contributed by atoms with Crippen molar-refractivity contribution in [2.75, 3.05) is 31.1 Å². The number of aryl methyl sites for hydroxylation is 1. The normalized spacial score (nSPS) is 13.3. The third-order valence-corrected chi connectivity index (χ3v) is 8.45. The average Bonchev–Trinajstić information content (AvgIpc) is 2.96. The number of fused-ring (bicyclic) bond motifs is 1. The molecule has 0 fully saturated rings. The highest BCUT2D eigenvalue weighted by atomic mass is 32.2. The molecular weight excluding hydrogens is 518 g/mol. The van der Waals surface area contributed by atoms with Crippen LogP contribution in [0.25, 0.3) is 0 Å². The zero-order chi connectivity index (χ0) is 28.0. The topological polar surface area (TPSA) is 105 Å². The van der Waals surface area contributed by atoms with E-state index in [-0.39, 0.29) is 23.0 Å². The van der Waals surface area contributed by atoms with E-state index in [1.807, 2.05) is 38.1 Å². The van der Waals surface area contributed by atoms with Crippen molar-refractivity contribution >= 4 is 27.5 Å². The van der Waals surface area contributed by atoms with Crippen molar-refractivity contribution in [2.45, 2.75) is 37.8 Å². The first-order chi connectivity index (χ1) is 18.8. The maximum atomic E-state index is 14.0. The number of hydrogen-bond donors (Lipinski definition) is 1. The Labute approximate surface area is 229 Å². The number of nitrogens with one attached hydrogen (secondary N) is 1. The second-order valence-electron chi connectivity index (χ2n) is 9.14. The Morgan fingerprint density at radius 1 is 0.949 bits per heavy atom. The van der Waals surface area contributed by atoms with Gasteiger partial charge in [-0.3, -0.25) is 13.9 Å². The zero-order valence-corrected chi connectivity index (χ0v) is 23.1. The summed E-state index contributed by atoms with van der Waals surface area (Å²) < 4.78 is 40.2. The van der Waals surface area contributed by atoms with Gasteiger partial charge < -0.3 is 19.7 Å². The maximum absolute atomic E-state index is 14.0. The van der Waals surface area contributed by atoms with E-state index in [1.54, 1.807) is 36.4 Å². The number of benzene rings is 3. The largest absolute Gasteiger partial charge is 0.486 e. The van der Waals surface area contributed by atoms with E-state index < -0.39 is 28.5 Å². The molecule has 3 aromatic rings. The molecule has 0 unspecified atom stereocenters. The molecule has 0 saturated heterocycles. The number of carbonyl (C=O) groups is 2. The standard InChI is InChI=1S/C29H33N3O6S/c1-4-25(29(34)30-3)31(19-22-11-9-8-10-21(22)2)28(33)20-32(39(35,36)24-12-6-5-7-13-24)23-14-15-26-27(18-23)38-17-16-37-26/h5-15,18,25H,4,16-17,19-20H2,1-3H3,(H,30,34)/t25-/m1/s1. The van der Waals surface area contributed by atoms with Crippen molar-refractivity contribution in [2.24, 2.45) is 0 Å². The molecule has 39 heavy (non-hydrogen) atoms. The fraction of sp³-hybridized carbons (Fsp3) is 0.310. The van der Waals surface area contributed by atoms with Gasteiger partial charge in [0.15, 0.2) is 11.5 Å². The Kier molecular flexibility index (Phi) is 8.75. The molecular formula is C29H33N3O6S.